The molecule has 1 aromatic carbocycles. The molecule has 0 saturated heterocycles. The summed E-state index contributed by atoms with van der Waals surface area (Å²) < 4.78 is 5.68. The molecule has 0 unspecified atom stereocenters. The monoisotopic (exact) mass is 263 g/mol. The van der Waals surface area contributed by atoms with Gasteiger partial charge in [-0.25, -0.2) is 0 Å². The van der Waals surface area contributed by atoms with Crippen molar-refractivity contribution in [2.45, 2.75) is 33.6 Å². The lowest BCUT2D eigenvalue weighted by Crippen LogP contribution is -2.30. The molecule has 0 aliphatic heterocycles. The molecule has 0 radical (unpaired) electrons. The summed E-state index contributed by atoms with van der Waals surface area (Å²) in [5.41, 5.74) is 1.13. The summed E-state index contributed by atoms with van der Waals surface area (Å²) in [6.07, 6.45) is 1.31. The van der Waals surface area contributed by atoms with E-state index in [1.165, 1.54) is 0 Å². The van der Waals surface area contributed by atoms with Crippen LogP contribution in [-0.4, -0.2) is 31.0 Å². The van der Waals surface area contributed by atoms with Crippen LogP contribution in [0.1, 0.15) is 32.3 Å². The van der Waals surface area contributed by atoms with Gasteiger partial charge in [-0.3, -0.25) is 4.79 Å². The smallest absolute Gasteiger partial charge is 0.222 e. The topological polar surface area (TPSA) is 29.5 Å². The van der Waals surface area contributed by atoms with Crippen LogP contribution in [-0.2, 0) is 4.79 Å². The molecular weight excluding hydrogens is 238 g/mol. The van der Waals surface area contributed by atoms with Crippen molar-refractivity contribution in [1.29, 1.82) is 0 Å². The Morgan fingerprint density at radius 2 is 2.00 bits per heavy atom. The van der Waals surface area contributed by atoms with E-state index in [9.17, 15) is 4.79 Å². The molecular formula is C16H25NO2. The highest BCUT2D eigenvalue weighted by Gasteiger charge is 2.09. The lowest BCUT2D eigenvalue weighted by Gasteiger charge is -2.19. The third kappa shape index (κ3) is 5.77. The molecule has 106 valence electrons. The fourth-order valence-corrected chi connectivity index (χ4v) is 1.96. The minimum absolute atomic E-state index is 0.196. The Morgan fingerprint density at radius 3 is 2.63 bits per heavy atom. The first-order valence-corrected chi connectivity index (χ1v) is 6.93. The van der Waals surface area contributed by atoms with E-state index in [4.69, 9.17) is 4.74 Å². The van der Waals surface area contributed by atoms with Gasteiger partial charge in [0.05, 0.1) is 6.61 Å². The Bertz CT molecular complexity index is 401. The molecule has 19 heavy (non-hydrogen) atoms. The van der Waals surface area contributed by atoms with E-state index >= 15 is 0 Å². The van der Waals surface area contributed by atoms with E-state index in [2.05, 4.69) is 13.8 Å². The third-order valence-electron chi connectivity index (χ3n) is 2.95. The predicted octanol–water partition coefficient (Wildman–Crippen LogP) is 3.27. The fraction of sp³-hybridized carbons (Fsp3) is 0.562. The Kier molecular flexibility index (Phi) is 6.40. The largest absolute Gasteiger partial charge is 0.493 e. The van der Waals surface area contributed by atoms with Crippen LogP contribution in [0.3, 0.4) is 0 Å². The first kappa shape index (κ1) is 15.5. The van der Waals surface area contributed by atoms with Crippen LogP contribution >= 0.6 is 0 Å². The van der Waals surface area contributed by atoms with Gasteiger partial charge in [-0.1, -0.05) is 32.0 Å². The van der Waals surface area contributed by atoms with Gasteiger partial charge in [-0.05, 0) is 30.9 Å². The Morgan fingerprint density at radius 1 is 1.32 bits per heavy atom. The van der Waals surface area contributed by atoms with E-state index in [1.807, 2.05) is 38.2 Å². The third-order valence-corrected chi connectivity index (χ3v) is 2.95. The second-order valence-electron chi connectivity index (χ2n) is 5.39. The molecule has 0 N–H and O–H groups in total. The van der Waals surface area contributed by atoms with Crippen LogP contribution in [0.2, 0.25) is 0 Å². The fourth-order valence-electron chi connectivity index (χ4n) is 1.96. The standard InChI is InChI=1S/C16H25NO2/c1-13(2)12-17(4)16(18)10-7-11-19-15-9-6-5-8-14(15)3/h5-6,8-9,13H,7,10-12H2,1-4H3. The van der Waals surface area contributed by atoms with Gasteiger partial charge >= 0.3 is 0 Å². The molecule has 1 rings (SSSR count). The second-order valence-corrected chi connectivity index (χ2v) is 5.39. The van der Waals surface area contributed by atoms with Crippen molar-refractivity contribution in [3.63, 3.8) is 0 Å². The Hall–Kier alpha value is -1.51. The van der Waals surface area contributed by atoms with Gasteiger partial charge in [0.25, 0.3) is 0 Å². The van der Waals surface area contributed by atoms with Gasteiger partial charge < -0.3 is 9.64 Å². The number of nitrogens with zero attached hydrogens (tertiary/aromatic N) is 1. The summed E-state index contributed by atoms with van der Waals surface area (Å²) >= 11 is 0. The Balaban J connectivity index is 2.24. The summed E-state index contributed by atoms with van der Waals surface area (Å²) in [6, 6.07) is 7.94. The highest BCUT2D eigenvalue weighted by atomic mass is 16.5. The first-order valence-electron chi connectivity index (χ1n) is 6.93. The molecule has 0 aliphatic rings. The van der Waals surface area contributed by atoms with Crippen LogP contribution in [0.4, 0.5) is 0 Å². The molecule has 3 nitrogen and oxygen atoms in total. The van der Waals surface area contributed by atoms with Crippen LogP contribution in [0.15, 0.2) is 24.3 Å². The van der Waals surface area contributed by atoms with Crippen molar-refractivity contribution >= 4 is 5.91 Å². The van der Waals surface area contributed by atoms with Crippen molar-refractivity contribution in [3.8, 4) is 5.75 Å². The number of carbonyl (C=O) groups excluding carboxylic acids is 1. The molecule has 3 heteroatoms. The van der Waals surface area contributed by atoms with E-state index in [1.54, 1.807) is 4.90 Å². The van der Waals surface area contributed by atoms with Gasteiger partial charge in [0.15, 0.2) is 0 Å². The highest BCUT2D eigenvalue weighted by Crippen LogP contribution is 2.16. The van der Waals surface area contributed by atoms with Gasteiger partial charge in [0.2, 0.25) is 5.91 Å². The number of carbonyl (C=O) groups is 1. The molecule has 0 heterocycles. The normalized spacial score (nSPS) is 10.6. The lowest BCUT2D eigenvalue weighted by molar-refractivity contribution is -0.130. The average Bonchev–Trinajstić information content (AvgIpc) is 2.35. The number of aryl methyl sites for hydroxylation is 1. The summed E-state index contributed by atoms with van der Waals surface area (Å²) in [7, 11) is 1.87. The summed E-state index contributed by atoms with van der Waals surface area (Å²) in [6.45, 7) is 7.66. The van der Waals surface area contributed by atoms with Crippen LogP contribution in [0.25, 0.3) is 0 Å². The Labute approximate surface area is 116 Å². The van der Waals surface area contributed by atoms with Crippen molar-refractivity contribution < 1.29 is 9.53 Å². The maximum atomic E-state index is 11.8. The first-order chi connectivity index (χ1) is 9.00. The van der Waals surface area contributed by atoms with Crippen molar-refractivity contribution in [3.05, 3.63) is 29.8 Å². The van der Waals surface area contributed by atoms with Gasteiger partial charge in [0.1, 0.15) is 5.75 Å². The summed E-state index contributed by atoms with van der Waals surface area (Å²) in [4.78, 5) is 13.6. The zero-order chi connectivity index (χ0) is 14.3. The number of hydrogen-bond acceptors (Lipinski definition) is 2. The maximum Gasteiger partial charge on any atom is 0.222 e. The number of rotatable bonds is 7. The molecule has 0 atom stereocenters. The van der Waals surface area contributed by atoms with E-state index in [0.29, 0.717) is 18.9 Å². The minimum Gasteiger partial charge on any atom is -0.493 e. The van der Waals surface area contributed by atoms with E-state index < -0.39 is 0 Å². The SMILES string of the molecule is Cc1ccccc1OCCCC(=O)N(C)CC(C)C. The molecule has 0 aliphatic carbocycles. The quantitative estimate of drug-likeness (QED) is 0.707. The second kappa shape index (κ2) is 7.82. The number of benzene rings is 1. The minimum atomic E-state index is 0.196. The molecule has 0 aromatic heterocycles. The zero-order valence-corrected chi connectivity index (χ0v) is 12.5. The maximum absolute atomic E-state index is 11.8. The molecule has 0 spiro atoms. The highest BCUT2D eigenvalue weighted by molar-refractivity contribution is 5.75. The average molecular weight is 263 g/mol. The molecule has 1 amide bonds. The molecule has 0 bridgehead atoms. The molecule has 1 aromatic rings. The number of hydrogen-bond donors (Lipinski definition) is 0. The molecule has 0 fully saturated rings. The van der Waals surface area contributed by atoms with Crippen LogP contribution in [0, 0.1) is 12.8 Å². The summed E-state index contributed by atoms with van der Waals surface area (Å²) in [5, 5.41) is 0. The van der Waals surface area contributed by atoms with Crippen molar-refractivity contribution in [2.75, 3.05) is 20.2 Å². The van der Waals surface area contributed by atoms with Gasteiger partial charge in [-0.15, -0.1) is 0 Å². The van der Waals surface area contributed by atoms with Gasteiger partial charge in [-0.2, -0.15) is 0 Å². The summed E-state index contributed by atoms with van der Waals surface area (Å²) in [5.74, 6) is 1.62. The van der Waals surface area contributed by atoms with Crippen LogP contribution in [0.5, 0.6) is 5.75 Å². The van der Waals surface area contributed by atoms with Gasteiger partial charge in [0, 0.05) is 20.0 Å². The molecule has 0 saturated carbocycles. The van der Waals surface area contributed by atoms with Crippen molar-refractivity contribution in [2.24, 2.45) is 5.92 Å². The van der Waals surface area contributed by atoms with Crippen LogP contribution < -0.4 is 4.74 Å². The number of para-hydroxylation sites is 1. The predicted molar refractivity (Wildman–Crippen MR) is 78.4 cm³/mol. The lowest BCUT2D eigenvalue weighted by atomic mass is 10.2. The van der Waals surface area contributed by atoms with E-state index in [-0.39, 0.29) is 5.91 Å². The number of ether oxygens (including phenoxy) is 1. The number of amides is 1. The zero-order valence-electron chi connectivity index (χ0n) is 12.5. The van der Waals surface area contributed by atoms with E-state index in [0.717, 1.165) is 24.3 Å². The van der Waals surface area contributed by atoms with Crippen molar-refractivity contribution in [1.82, 2.24) is 4.90 Å².